The van der Waals surface area contributed by atoms with Crippen LogP contribution in [0.3, 0.4) is 0 Å². The first-order chi connectivity index (χ1) is 27.0. The van der Waals surface area contributed by atoms with Gasteiger partial charge in [0.05, 0.1) is 22.6 Å². The SMILES string of the molecule is CC(=O)Oc1ccc2c3c1O[C@H]1[C@@H](N(CC(c4ccccc4)c4ccccc4)C(=O)C=Cc4cccc(C(F)(F)F)c4)CC[C@@]4(O)[C@@H](C2)N(CC2CC2)CC[C@]314. The number of aliphatic hydroxyl groups is 1. The van der Waals surface area contributed by atoms with Crippen molar-refractivity contribution in [3.63, 3.8) is 0 Å². The minimum Gasteiger partial charge on any atom is -0.483 e. The summed E-state index contributed by atoms with van der Waals surface area (Å²) in [5.41, 5.74) is 1.35. The fraction of sp³-hybridized carbons (Fsp3) is 0.391. The fourth-order valence-electron chi connectivity index (χ4n) is 10.4. The Kier molecular flexibility index (Phi) is 9.12. The Morgan fingerprint density at radius 3 is 2.34 bits per heavy atom. The number of alkyl halides is 3. The van der Waals surface area contributed by atoms with Crippen LogP contribution in [-0.2, 0) is 27.6 Å². The number of nitrogens with zero attached hydrogens (tertiary/aromatic N) is 2. The second kappa shape index (κ2) is 13.9. The number of benzene rings is 4. The van der Waals surface area contributed by atoms with E-state index in [1.54, 1.807) is 12.1 Å². The molecule has 0 unspecified atom stereocenters. The summed E-state index contributed by atoms with van der Waals surface area (Å²) in [7, 11) is 0. The molecule has 1 saturated heterocycles. The molecule has 4 aromatic rings. The Hall–Kier alpha value is -4.93. The third-order valence-corrected chi connectivity index (χ3v) is 13.1. The molecule has 10 heteroatoms. The van der Waals surface area contributed by atoms with E-state index in [0.29, 0.717) is 43.1 Å². The van der Waals surface area contributed by atoms with Crippen LogP contribution in [0, 0.1) is 5.92 Å². The van der Waals surface area contributed by atoms with Gasteiger partial charge in [-0.05, 0) is 97.5 Å². The van der Waals surface area contributed by atoms with Gasteiger partial charge in [-0.25, -0.2) is 0 Å². The lowest BCUT2D eigenvalue weighted by Crippen LogP contribution is -2.78. The molecule has 9 rings (SSSR count). The van der Waals surface area contributed by atoms with Crippen molar-refractivity contribution in [3.05, 3.63) is 137 Å². The molecule has 5 atom stereocenters. The molecule has 7 nitrogen and oxygen atoms in total. The first kappa shape index (κ1) is 36.7. The van der Waals surface area contributed by atoms with E-state index in [2.05, 4.69) is 4.90 Å². The van der Waals surface area contributed by atoms with Gasteiger partial charge in [-0.15, -0.1) is 0 Å². The van der Waals surface area contributed by atoms with Gasteiger partial charge in [0.2, 0.25) is 5.91 Å². The first-order valence-electron chi connectivity index (χ1n) is 19.7. The van der Waals surface area contributed by atoms with Crippen molar-refractivity contribution in [1.82, 2.24) is 9.80 Å². The van der Waals surface area contributed by atoms with Gasteiger partial charge in [0.15, 0.2) is 11.5 Å². The molecular formula is C46H45F3N2O5. The van der Waals surface area contributed by atoms with Crippen molar-refractivity contribution in [3.8, 4) is 11.5 Å². The molecule has 0 radical (unpaired) electrons. The molecule has 1 amide bonds. The molecule has 3 aliphatic carbocycles. The van der Waals surface area contributed by atoms with E-state index in [-0.39, 0.29) is 30.0 Å². The van der Waals surface area contributed by atoms with E-state index in [9.17, 15) is 27.9 Å². The highest BCUT2D eigenvalue weighted by Crippen LogP contribution is 2.66. The Morgan fingerprint density at radius 2 is 1.68 bits per heavy atom. The largest absolute Gasteiger partial charge is 0.483 e. The van der Waals surface area contributed by atoms with Crippen molar-refractivity contribution in [2.45, 2.75) is 86.7 Å². The highest BCUT2D eigenvalue weighted by molar-refractivity contribution is 5.92. The van der Waals surface area contributed by atoms with E-state index in [1.165, 1.54) is 38.0 Å². The predicted molar refractivity (Wildman–Crippen MR) is 205 cm³/mol. The molecule has 1 spiro atoms. The zero-order valence-electron chi connectivity index (χ0n) is 31.3. The van der Waals surface area contributed by atoms with Crippen LogP contribution in [0.2, 0.25) is 0 Å². The maximum absolute atomic E-state index is 14.9. The topological polar surface area (TPSA) is 79.3 Å². The number of carbonyl (C=O) groups is 2. The van der Waals surface area contributed by atoms with E-state index in [4.69, 9.17) is 9.47 Å². The Labute approximate surface area is 324 Å². The summed E-state index contributed by atoms with van der Waals surface area (Å²) < 4.78 is 53.8. The molecule has 2 heterocycles. The first-order valence-corrected chi connectivity index (χ1v) is 19.7. The Balaban J connectivity index is 1.16. The average molecular weight is 763 g/mol. The average Bonchev–Trinajstić information content (AvgIpc) is 3.94. The molecule has 4 aromatic carbocycles. The van der Waals surface area contributed by atoms with Crippen molar-refractivity contribution in [1.29, 1.82) is 0 Å². The molecule has 5 aliphatic rings. The number of hydrogen-bond donors (Lipinski definition) is 1. The third kappa shape index (κ3) is 6.22. The van der Waals surface area contributed by atoms with E-state index >= 15 is 0 Å². The quantitative estimate of drug-likeness (QED) is 0.101. The van der Waals surface area contributed by atoms with Gasteiger partial charge in [-0.1, -0.05) is 78.9 Å². The number of likely N-dealkylation sites (tertiary alicyclic amines) is 1. The lowest BCUT2D eigenvalue weighted by molar-refractivity contribution is -0.201. The second-order valence-corrected chi connectivity index (χ2v) is 16.3. The van der Waals surface area contributed by atoms with Crippen molar-refractivity contribution >= 4 is 18.0 Å². The Bertz CT molecular complexity index is 2130. The van der Waals surface area contributed by atoms with Crippen LogP contribution >= 0.6 is 0 Å². The van der Waals surface area contributed by atoms with E-state index in [1.807, 2.05) is 71.6 Å². The van der Waals surface area contributed by atoms with Crippen molar-refractivity contribution in [2.24, 2.45) is 5.92 Å². The minimum absolute atomic E-state index is 0.145. The van der Waals surface area contributed by atoms with Crippen LogP contribution in [0.5, 0.6) is 11.5 Å². The van der Waals surface area contributed by atoms with Gasteiger partial charge in [0.25, 0.3) is 0 Å². The molecule has 3 fully saturated rings. The van der Waals surface area contributed by atoms with Gasteiger partial charge in [0, 0.05) is 43.6 Å². The number of piperidine rings is 1. The van der Waals surface area contributed by atoms with E-state index in [0.717, 1.165) is 47.5 Å². The van der Waals surface area contributed by atoms with Crippen LogP contribution < -0.4 is 9.47 Å². The maximum atomic E-state index is 14.9. The molecule has 0 aromatic heterocycles. The smallest absolute Gasteiger partial charge is 0.416 e. The number of esters is 1. The number of halogens is 3. The van der Waals surface area contributed by atoms with Gasteiger partial charge in [0.1, 0.15) is 6.10 Å². The number of rotatable bonds is 10. The highest BCUT2D eigenvalue weighted by Gasteiger charge is 2.73. The normalized spacial score (nSPS) is 26.5. The van der Waals surface area contributed by atoms with Gasteiger partial charge >= 0.3 is 12.1 Å². The lowest BCUT2D eigenvalue weighted by Gasteiger charge is -2.65. The molecule has 2 aliphatic heterocycles. The summed E-state index contributed by atoms with van der Waals surface area (Å²) in [4.78, 5) is 31.6. The molecule has 2 saturated carbocycles. The number of amides is 1. The van der Waals surface area contributed by atoms with Gasteiger partial charge in [-0.3, -0.25) is 14.5 Å². The summed E-state index contributed by atoms with van der Waals surface area (Å²) in [6.45, 7) is 3.29. The van der Waals surface area contributed by atoms with Crippen molar-refractivity contribution in [2.75, 3.05) is 19.6 Å². The van der Waals surface area contributed by atoms with Crippen LogP contribution in [0.15, 0.2) is 103 Å². The minimum atomic E-state index is -4.53. The van der Waals surface area contributed by atoms with E-state index < -0.39 is 40.9 Å². The molecule has 56 heavy (non-hydrogen) atoms. The molecule has 290 valence electrons. The number of carbonyl (C=O) groups excluding carboxylic acids is 2. The van der Waals surface area contributed by atoms with Gasteiger partial charge < -0.3 is 19.5 Å². The predicted octanol–water partition coefficient (Wildman–Crippen LogP) is 7.94. The van der Waals surface area contributed by atoms with Crippen molar-refractivity contribution < 1.29 is 37.3 Å². The monoisotopic (exact) mass is 762 g/mol. The summed E-state index contributed by atoms with van der Waals surface area (Å²) in [6, 6.07) is 28.0. The summed E-state index contributed by atoms with van der Waals surface area (Å²) in [5.74, 6) is 0.279. The number of hydrogen-bond acceptors (Lipinski definition) is 6. The Morgan fingerprint density at radius 1 is 0.964 bits per heavy atom. The standard InChI is InChI=1S/C46H45F3N2O5/c1-29(52)55-38-19-18-34-26-39-45(54)22-21-37(43-44(45,41(34)42(38)56-43)23-24-50(39)27-31-15-16-31)51(40(53)20-17-30-9-8-14-35(25-30)46(47,48)49)28-36(32-10-4-2-5-11-32)33-12-6-3-7-13-33/h2-14,17-20,25,31,36-37,39,43,54H,15-16,21-24,26-28H2,1H3/t37-,39+,43-,44-,45+/m0/s1. The molecule has 2 bridgehead atoms. The van der Waals surface area contributed by atoms with Crippen LogP contribution in [0.25, 0.3) is 6.08 Å². The summed E-state index contributed by atoms with van der Waals surface area (Å²) in [5, 5.41) is 13.3. The zero-order valence-corrected chi connectivity index (χ0v) is 31.3. The molecule has 1 N–H and O–H groups in total. The second-order valence-electron chi connectivity index (χ2n) is 16.3. The van der Waals surface area contributed by atoms with Gasteiger partial charge in [-0.2, -0.15) is 13.2 Å². The number of ether oxygens (including phenoxy) is 2. The maximum Gasteiger partial charge on any atom is 0.416 e. The van der Waals surface area contributed by atoms with Crippen LogP contribution in [0.1, 0.15) is 78.3 Å². The summed E-state index contributed by atoms with van der Waals surface area (Å²) in [6.07, 6.45) is 2.07. The van der Waals surface area contributed by atoms with Crippen LogP contribution in [0.4, 0.5) is 13.2 Å². The van der Waals surface area contributed by atoms with Crippen LogP contribution in [-0.4, -0.2) is 70.2 Å². The molecular weight excluding hydrogens is 718 g/mol. The lowest BCUT2D eigenvalue weighted by atomic mass is 9.48. The zero-order chi connectivity index (χ0) is 38.8. The summed E-state index contributed by atoms with van der Waals surface area (Å²) >= 11 is 0. The highest BCUT2D eigenvalue weighted by atomic mass is 19.4. The third-order valence-electron chi connectivity index (χ3n) is 13.1. The fourth-order valence-corrected chi connectivity index (χ4v) is 10.4.